The number of aliphatic hydroxyl groups excluding tert-OH is 1. The average molecular weight is 419 g/mol. The van der Waals surface area contributed by atoms with E-state index >= 15 is 0 Å². The Morgan fingerprint density at radius 3 is 2.62 bits per heavy atom. The van der Waals surface area contributed by atoms with Crippen LogP contribution in [0.3, 0.4) is 0 Å². The van der Waals surface area contributed by atoms with Crippen molar-refractivity contribution < 1.29 is 23.4 Å². The largest absolute Gasteiger partial charge is 0.494 e. The Morgan fingerprint density at radius 2 is 1.97 bits per heavy atom. The Morgan fingerprint density at radius 1 is 1.28 bits per heavy atom. The zero-order valence-corrected chi connectivity index (χ0v) is 16.4. The lowest BCUT2D eigenvalue weighted by Crippen LogP contribution is -2.36. The number of piperidine rings is 1. The van der Waals surface area contributed by atoms with Crippen LogP contribution in [0, 0.1) is 11.6 Å². The van der Waals surface area contributed by atoms with Crippen molar-refractivity contribution in [2.24, 2.45) is 0 Å². The molecule has 1 saturated heterocycles. The third-order valence-corrected chi connectivity index (χ3v) is 5.84. The summed E-state index contributed by atoms with van der Waals surface area (Å²) in [7, 11) is 1.52. The summed E-state index contributed by atoms with van der Waals surface area (Å²) < 4.78 is 35.2. The minimum atomic E-state index is -0.942. The summed E-state index contributed by atoms with van der Waals surface area (Å²) in [5, 5.41) is 12.3. The second kappa shape index (κ2) is 7.92. The SMILES string of the molecule is COc1cccc2sc(NC(=O)c3c(F)cc(N4CCC(O)CC4)cc3F)nc12. The molecule has 1 aliphatic rings. The minimum absolute atomic E-state index is 0.224. The summed E-state index contributed by atoms with van der Waals surface area (Å²) in [5.74, 6) is -2.24. The van der Waals surface area contributed by atoms with Crippen molar-refractivity contribution in [1.82, 2.24) is 4.98 Å². The summed E-state index contributed by atoms with van der Waals surface area (Å²) in [5.41, 5.74) is 0.268. The molecule has 29 heavy (non-hydrogen) atoms. The summed E-state index contributed by atoms with van der Waals surface area (Å²) >= 11 is 1.19. The van der Waals surface area contributed by atoms with Crippen LogP contribution in [0.25, 0.3) is 10.2 Å². The molecule has 1 amide bonds. The number of rotatable bonds is 4. The van der Waals surface area contributed by atoms with Gasteiger partial charge in [0.25, 0.3) is 5.91 Å². The Bertz CT molecular complexity index is 1040. The number of halogens is 2. The van der Waals surface area contributed by atoms with Gasteiger partial charge in [-0.3, -0.25) is 10.1 Å². The fraction of sp³-hybridized carbons (Fsp3) is 0.300. The number of ether oxygens (including phenoxy) is 1. The molecule has 2 heterocycles. The molecule has 6 nitrogen and oxygen atoms in total. The summed E-state index contributed by atoms with van der Waals surface area (Å²) in [6, 6.07) is 7.65. The molecule has 1 aliphatic heterocycles. The van der Waals surface area contributed by atoms with Crippen molar-refractivity contribution >= 4 is 38.3 Å². The fourth-order valence-electron chi connectivity index (χ4n) is 3.38. The molecule has 152 valence electrons. The van der Waals surface area contributed by atoms with Crippen LogP contribution in [0.5, 0.6) is 5.75 Å². The first-order valence-electron chi connectivity index (χ1n) is 9.13. The lowest BCUT2D eigenvalue weighted by molar-refractivity contribution is 0.101. The molecule has 0 bridgehead atoms. The molecule has 4 rings (SSSR count). The van der Waals surface area contributed by atoms with Crippen LogP contribution >= 0.6 is 11.3 Å². The number of benzene rings is 2. The van der Waals surface area contributed by atoms with Crippen LogP contribution in [0.1, 0.15) is 23.2 Å². The highest BCUT2D eigenvalue weighted by atomic mass is 32.1. The highest BCUT2D eigenvalue weighted by Gasteiger charge is 2.24. The third-order valence-electron chi connectivity index (χ3n) is 4.91. The second-order valence-corrected chi connectivity index (χ2v) is 7.81. The first-order chi connectivity index (χ1) is 14.0. The molecule has 0 saturated carbocycles. The van der Waals surface area contributed by atoms with E-state index in [1.807, 2.05) is 6.07 Å². The highest BCUT2D eigenvalue weighted by molar-refractivity contribution is 7.22. The molecular formula is C20H19F2N3O3S. The number of amides is 1. The maximum absolute atomic E-state index is 14.6. The van der Waals surface area contributed by atoms with Crippen LogP contribution in [0.2, 0.25) is 0 Å². The van der Waals surface area contributed by atoms with Crippen molar-refractivity contribution in [2.45, 2.75) is 18.9 Å². The van der Waals surface area contributed by atoms with Crippen LogP contribution in [-0.4, -0.2) is 42.3 Å². The lowest BCUT2D eigenvalue weighted by atomic mass is 10.1. The van der Waals surface area contributed by atoms with Gasteiger partial charge in [-0.2, -0.15) is 0 Å². The summed E-state index contributed by atoms with van der Waals surface area (Å²) in [4.78, 5) is 18.6. The zero-order valence-electron chi connectivity index (χ0n) is 15.6. The molecule has 0 atom stereocenters. The summed E-state index contributed by atoms with van der Waals surface area (Å²) in [6.07, 6.45) is 0.678. The van der Waals surface area contributed by atoms with Gasteiger partial charge < -0.3 is 14.7 Å². The maximum atomic E-state index is 14.6. The van der Waals surface area contributed by atoms with Gasteiger partial charge in [-0.05, 0) is 37.1 Å². The Labute approximate surface area is 169 Å². The average Bonchev–Trinajstić information content (AvgIpc) is 3.10. The van der Waals surface area contributed by atoms with Gasteiger partial charge in [0.05, 0.1) is 17.9 Å². The monoisotopic (exact) mass is 419 g/mol. The van der Waals surface area contributed by atoms with E-state index in [4.69, 9.17) is 4.74 Å². The van der Waals surface area contributed by atoms with E-state index in [1.54, 1.807) is 17.0 Å². The van der Waals surface area contributed by atoms with Gasteiger partial charge in [-0.15, -0.1) is 0 Å². The number of aromatic nitrogens is 1. The van der Waals surface area contributed by atoms with E-state index in [9.17, 15) is 18.7 Å². The molecule has 3 aromatic rings. The van der Waals surface area contributed by atoms with E-state index in [1.165, 1.54) is 18.4 Å². The van der Waals surface area contributed by atoms with Crippen molar-refractivity contribution in [1.29, 1.82) is 0 Å². The van der Waals surface area contributed by atoms with Gasteiger partial charge in [-0.1, -0.05) is 17.4 Å². The third kappa shape index (κ3) is 3.88. The molecule has 0 radical (unpaired) electrons. The van der Waals surface area contributed by atoms with Gasteiger partial charge >= 0.3 is 0 Å². The first-order valence-corrected chi connectivity index (χ1v) is 9.95. The number of hydrogen-bond donors (Lipinski definition) is 2. The molecule has 1 fully saturated rings. The van der Waals surface area contributed by atoms with Crippen LogP contribution in [0.4, 0.5) is 19.6 Å². The number of carbonyl (C=O) groups is 1. The number of hydrogen-bond acceptors (Lipinski definition) is 6. The number of thiazole rings is 1. The topological polar surface area (TPSA) is 74.7 Å². The lowest BCUT2D eigenvalue weighted by Gasteiger charge is -2.31. The van der Waals surface area contributed by atoms with Gasteiger partial charge in [0, 0.05) is 18.8 Å². The van der Waals surface area contributed by atoms with Gasteiger partial charge in [0.15, 0.2) is 5.13 Å². The van der Waals surface area contributed by atoms with E-state index in [-0.39, 0.29) is 5.13 Å². The van der Waals surface area contributed by atoms with Gasteiger partial charge in [0.2, 0.25) is 0 Å². The minimum Gasteiger partial charge on any atom is -0.494 e. The van der Waals surface area contributed by atoms with Gasteiger partial charge in [0.1, 0.15) is 28.5 Å². The molecule has 0 unspecified atom stereocenters. The van der Waals surface area contributed by atoms with E-state index in [0.717, 1.165) is 16.8 Å². The number of methoxy groups -OCH3 is 1. The Balaban J connectivity index is 1.57. The molecule has 1 aromatic heterocycles. The summed E-state index contributed by atoms with van der Waals surface area (Å²) in [6.45, 7) is 0.998. The van der Waals surface area contributed by atoms with E-state index in [0.29, 0.717) is 42.9 Å². The van der Waals surface area contributed by atoms with Crippen molar-refractivity contribution in [3.05, 3.63) is 47.5 Å². The Hall–Kier alpha value is -2.78. The van der Waals surface area contributed by atoms with Crippen molar-refractivity contribution in [2.75, 3.05) is 30.4 Å². The first kappa shape index (κ1) is 19.5. The molecule has 0 spiro atoms. The van der Waals surface area contributed by atoms with Crippen molar-refractivity contribution in [3.63, 3.8) is 0 Å². The number of nitrogens with zero attached hydrogens (tertiary/aromatic N) is 2. The van der Waals surface area contributed by atoms with Crippen LogP contribution in [-0.2, 0) is 0 Å². The molecule has 2 N–H and O–H groups in total. The van der Waals surface area contributed by atoms with Crippen LogP contribution < -0.4 is 15.0 Å². The second-order valence-electron chi connectivity index (χ2n) is 6.78. The Kier molecular flexibility index (Phi) is 5.33. The predicted octanol–water partition coefficient (Wildman–Crippen LogP) is 3.80. The molecule has 9 heteroatoms. The van der Waals surface area contributed by atoms with E-state index < -0.39 is 29.2 Å². The van der Waals surface area contributed by atoms with Crippen molar-refractivity contribution in [3.8, 4) is 5.75 Å². The number of para-hydroxylation sites is 1. The quantitative estimate of drug-likeness (QED) is 0.673. The highest BCUT2D eigenvalue weighted by Crippen LogP contribution is 2.33. The number of fused-ring (bicyclic) bond motifs is 1. The maximum Gasteiger partial charge on any atom is 0.263 e. The fourth-order valence-corrected chi connectivity index (χ4v) is 4.26. The number of aliphatic hydroxyl groups is 1. The van der Waals surface area contributed by atoms with E-state index in [2.05, 4.69) is 10.3 Å². The number of anilines is 2. The van der Waals surface area contributed by atoms with Gasteiger partial charge in [-0.25, -0.2) is 13.8 Å². The molecule has 2 aromatic carbocycles. The standard InChI is InChI=1S/C20H19F2N3O3S/c1-28-15-3-2-4-16-18(15)23-20(29-16)24-19(27)17-13(21)9-11(10-14(17)22)25-7-5-12(26)6-8-25/h2-4,9-10,12,26H,5-8H2,1H3,(H,23,24,27). The molecular weight excluding hydrogens is 400 g/mol. The normalized spacial score (nSPS) is 15.0. The number of nitrogens with one attached hydrogen (secondary N) is 1. The molecule has 0 aliphatic carbocycles. The zero-order chi connectivity index (χ0) is 20.5. The number of carbonyl (C=O) groups excluding carboxylic acids is 1. The smallest absolute Gasteiger partial charge is 0.263 e. The van der Waals surface area contributed by atoms with Crippen LogP contribution in [0.15, 0.2) is 30.3 Å². The predicted molar refractivity (Wildman–Crippen MR) is 108 cm³/mol.